The fourth-order valence-corrected chi connectivity index (χ4v) is 4.98. The fraction of sp³-hybridized carbons (Fsp3) is 0.389. The molecule has 1 aliphatic heterocycles. The molecule has 1 aromatic carbocycles. The zero-order valence-corrected chi connectivity index (χ0v) is 16.8. The van der Waals surface area contributed by atoms with Gasteiger partial charge in [-0.3, -0.25) is 4.79 Å². The van der Waals surface area contributed by atoms with E-state index in [0.717, 1.165) is 5.56 Å². The Morgan fingerprint density at radius 1 is 1.27 bits per heavy atom. The van der Waals surface area contributed by atoms with Crippen molar-refractivity contribution in [1.82, 2.24) is 4.90 Å². The van der Waals surface area contributed by atoms with Gasteiger partial charge in [0.05, 0.1) is 18.1 Å². The van der Waals surface area contributed by atoms with Crippen molar-refractivity contribution >= 4 is 31.7 Å². The lowest BCUT2D eigenvalue weighted by Gasteiger charge is -2.27. The van der Waals surface area contributed by atoms with Crippen molar-refractivity contribution in [3.8, 4) is 5.75 Å². The quantitative estimate of drug-likeness (QED) is 0.688. The Balaban J connectivity index is 1.71. The van der Waals surface area contributed by atoms with Crippen molar-refractivity contribution in [3.63, 3.8) is 0 Å². The largest absolute Gasteiger partial charge is 0.484 e. The zero-order valence-electron chi connectivity index (χ0n) is 14.4. The Hall–Kier alpha value is -1.80. The van der Waals surface area contributed by atoms with Gasteiger partial charge in [-0.25, -0.2) is 8.42 Å². The van der Waals surface area contributed by atoms with Gasteiger partial charge in [-0.1, -0.05) is 17.7 Å². The SMILES string of the molecule is Cc1ccc(OCC(=O)N(Cc2ccc(Br)o2)[C@H]2CCS(=O)(=O)C2)cc1. The van der Waals surface area contributed by atoms with Crippen molar-refractivity contribution in [2.45, 2.75) is 25.9 Å². The summed E-state index contributed by atoms with van der Waals surface area (Å²) in [5.74, 6) is 1.00. The number of nitrogens with zero attached hydrogens (tertiary/aromatic N) is 1. The Bertz CT molecular complexity index is 875. The third-order valence-electron chi connectivity index (χ3n) is 4.31. The van der Waals surface area contributed by atoms with Gasteiger partial charge in [0.15, 0.2) is 21.1 Å². The topological polar surface area (TPSA) is 76.8 Å². The molecule has 0 aliphatic carbocycles. The van der Waals surface area contributed by atoms with Crippen LogP contribution < -0.4 is 4.74 Å². The average molecular weight is 442 g/mol. The van der Waals surface area contributed by atoms with E-state index >= 15 is 0 Å². The normalized spacial score (nSPS) is 18.6. The number of sulfone groups is 1. The number of hydrogen-bond acceptors (Lipinski definition) is 5. The van der Waals surface area contributed by atoms with Crippen molar-refractivity contribution in [3.05, 3.63) is 52.4 Å². The number of hydrogen-bond donors (Lipinski definition) is 0. The van der Waals surface area contributed by atoms with Gasteiger partial charge >= 0.3 is 0 Å². The molecule has 0 unspecified atom stereocenters. The number of benzene rings is 1. The van der Waals surface area contributed by atoms with Crippen LogP contribution >= 0.6 is 15.9 Å². The molecule has 1 aromatic heterocycles. The van der Waals surface area contributed by atoms with E-state index in [1.54, 1.807) is 29.2 Å². The average Bonchev–Trinajstić information content (AvgIpc) is 3.16. The van der Waals surface area contributed by atoms with Gasteiger partial charge in [0.2, 0.25) is 0 Å². The van der Waals surface area contributed by atoms with E-state index < -0.39 is 9.84 Å². The van der Waals surface area contributed by atoms with Gasteiger partial charge in [-0.2, -0.15) is 0 Å². The fourth-order valence-electron chi connectivity index (χ4n) is 2.91. The van der Waals surface area contributed by atoms with Crippen LogP contribution in [0, 0.1) is 6.92 Å². The molecule has 2 heterocycles. The van der Waals surface area contributed by atoms with Crippen LogP contribution in [0.5, 0.6) is 5.75 Å². The molecule has 1 fully saturated rings. The summed E-state index contributed by atoms with van der Waals surface area (Å²) in [6.07, 6.45) is 0.431. The maximum atomic E-state index is 12.7. The number of amides is 1. The summed E-state index contributed by atoms with van der Waals surface area (Å²) in [6, 6.07) is 10.6. The molecule has 0 spiro atoms. The van der Waals surface area contributed by atoms with Crippen LogP contribution in [0.1, 0.15) is 17.7 Å². The highest BCUT2D eigenvalue weighted by Gasteiger charge is 2.35. The minimum atomic E-state index is -3.11. The molecule has 0 bridgehead atoms. The number of ether oxygens (including phenoxy) is 1. The third-order valence-corrected chi connectivity index (χ3v) is 6.48. The molecule has 1 atom stereocenters. The molecule has 0 saturated carbocycles. The minimum absolute atomic E-state index is 0.0227. The number of halogens is 1. The Kier molecular flexibility index (Phi) is 5.72. The van der Waals surface area contributed by atoms with E-state index in [1.165, 1.54) is 0 Å². The Morgan fingerprint density at radius 3 is 2.58 bits per heavy atom. The van der Waals surface area contributed by atoms with Crippen LogP contribution in [0.15, 0.2) is 45.5 Å². The molecule has 1 aliphatic rings. The smallest absolute Gasteiger partial charge is 0.261 e. The highest BCUT2D eigenvalue weighted by Crippen LogP contribution is 2.23. The predicted molar refractivity (Wildman–Crippen MR) is 101 cm³/mol. The van der Waals surface area contributed by atoms with Crippen LogP contribution in [-0.2, 0) is 21.2 Å². The summed E-state index contributed by atoms with van der Waals surface area (Å²) >= 11 is 3.24. The van der Waals surface area contributed by atoms with E-state index in [9.17, 15) is 13.2 Å². The van der Waals surface area contributed by atoms with Crippen molar-refractivity contribution < 1.29 is 22.4 Å². The third kappa shape index (κ3) is 4.88. The first kappa shape index (κ1) is 19.0. The highest BCUT2D eigenvalue weighted by molar-refractivity contribution is 9.10. The van der Waals surface area contributed by atoms with Crippen LogP contribution in [0.25, 0.3) is 0 Å². The standard InChI is InChI=1S/C18H20BrNO5S/c1-13-2-4-15(5-3-13)24-11-18(21)20(10-16-6-7-17(19)25-16)14-8-9-26(22,23)12-14/h2-7,14H,8-12H2,1H3/t14-/m0/s1. The molecule has 2 aromatic rings. The van der Waals surface area contributed by atoms with Gasteiger partial charge in [-0.05, 0) is 53.5 Å². The second-order valence-electron chi connectivity index (χ2n) is 6.39. The molecule has 1 saturated heterocycles. The summed E-state index contributed by atoms with van der Waals surface area (Å²) in [5.41, 5.74) is 1.10. The molecule has 140 valence electrons. The first-order valence-corrected chi connectivity index (χ1v) is 10.9. The molecule has 1 amide bonds. The number of furan rings is 1. The summed E-state index contributed by atoms with van der Waals surface area (Å²) in [4.78, 5) is 14.3. The maximum Gasteiger partial charge on any atom is 0.261 e. The zero-order chi connectivity index (χ0) is 18.7. The van der Waals surface area contributed by atoms with Gasteiger partial charge < -0.3 is 14.1 Å². The van der Waals surface area contributed by atoms with Crippen molar-refractivity contribution in [2.24, 2.45) is 0 Å². The minimum Gasteiger partial charge on any atom is -0.484 e. The van der Waals surface area contributed by atoms with Crippen LogP contribution in [0.2, 0.25) is 0 Å². The number of carbonyl (C=O) groups is 1. The summed E-state index contributed by atoms with van der Waals surface area (Å²) in [5, 5.41) is 0. The van der Waals surface area contributed by atoms with Crippen molar-refractivity contribution in [2.75, 3.05) is 18.1 Å². The van der Waals surface area contributed by atoms with Gasteiger partial charge in [-0.15, -0.1) is 0 Å². The van der Waals surface area contributed by atoms with Gasteiger partial charge in [0, 0.05) is 6.04 Å². The lowest BCUT2D eigenvalue weighted by atomic mass is 10.2. The lowest BCUT2D eigenvalue weighted by molar-refractivity contribution is -0.136. The van der Waals surface area contributed by atoms with E-state index in [1.807, 2.05) is 19.1 Å². The Labute approximate surface area is 161 Å². The van der Waals surface area contributed by atoms with Crippen molar-refractivity contribution in [1.29, 1.82) is 0 Å². The summed E-state index contributed by atoms with van der Waals surface area (Å²) < 4.78 is 35.3. The lowest BCUT2D eigenvalue weighted by Crippen LogP contribution is -2.43. The maximum absolute atomic E-state index is 12.7. The molecular formula is C18H20BrNO5S. The number of rotatable bonds is 6. The molecule has 6 nitrogen and oxygen atoms in total. The molecular weight excluding hydrogens is 422 g/mol. The van der Waals surface area contributed by atoms with E-state index in [-0.39, 0.29) is 36.6 Å². The molecule has 0 N–H and O–H groups in total. The molecule has 8 heteroatoms. The molecule has 26 heavy (non-hydrogen) atoms. The van der Waals surface area contributed by atoms with Crippen LogP contribution in [0.4, 0.5) is 0 Å². The van der Waals surface area contributed by atoms with Crippen LogP contribution in [-0.4, -0.2) is 43.4 Å². The number of carbonyl (C=O) groups excluding carboxylic acids is 1. The van der Waals surface area contributed by atoms with Crippen LogP contribution in [0.3, 0.4) is 0 Å². The van der Waals surface area contributed by atoms with E-state index in [0.29, 0.717) is 22.6 Å². The second kappa shape index (κ2) is 7.84. The molecule has 3 rings (SSSR count). The summed E-state index contributed by atoms with van der Waals surface area (Å²) in [6.45, 7) is 2.03. The summed E-state index contributed by atoms with van der Waals surface area (Å²) in [7, 11) is -3.11. The Morgan fingerprint density at radius 2 is 2.00 bits per heavy atom. The number of aryl methyl sites for hydroxylation is 1. The first-order valence-electron chi connectivity index (χ1n) is 8.26. The van der Waals surface area contributed by atoms with Gasteiger partial charge in [0.1, 0.15) is 11.5 Å². The van der Waals surface area contributed by atoms with E-state index in [2.05, 4.69) is 15.9 Å². The first-order chi connectivity index (χ1) is 12.3. The monoisotopic (exact) mass is 441 g/mol. The second-order valence-corrected chi connectivity index (χ2v) is 9.40. The van der Waals surface area contributed by atoms with E-state index in [4.69, 9.17) is 9.15 Å². The highest BCUT2D eigenvalue weighted by atomic mass is 79.9. The molecule has 0 radical (unpaired) electrons. The predicted octanol–water partition coefficient (Wildman–Crippen LogP) is 2.95. The van der Waals surface area contributed by atoms with Gasteiger partial charge in [0.25, 0.3) is 5.91 Å².